The number of likely N-dealkylation sites (N-methyl/N-ethyl adjacent to an activating group) is 1. The zero-order valence-electron chi connectivity index (χ0n) is 13.6. The number of nitrogens with zero attached hydrogens (tertiary/aromatic N) is 1. The Morgan fingerprint density at radius 3 is 2.22 bits per heavy atom. The van der Waals surface area contributed by atoms with E-state index in [0.717, 1.165) is 4.90 Å². The number of hydrogen-bond acceptors (Lipinski definition) is 5. The molecular weight excluding hydrogens is 302 g/mol. The molecule has 7 heteroatoms. The van der Waals surface area contributed by atoms with E-state index in [1.165, 1.54) is 7.05 Å². The maximum Gasteiger partial charge on any atom is 0.410 e. The molecular formula is C16H21NO6. The summed E-state index contributed by atoms with van der Waals surface area (Å²) in [6, 6.07) is 6.90. The van der Waals surface area contributed by atoms with E-state index >= 15 is 0 Å². The van der Waals surface area contributed by atoms with Crippen molar-refractivity contribution in [1.29, 1.82) is 0 Å². The number of carbonyl (C=O) groups is 3. The summed E-state index contributed by atoms with van der Waals surface area (Å²) < 4.78 is 10.1. The maximum atomic E-state index is 11.9. The van der Waals surface area contributed by atoms with Crippen LogP contribution in [-0.2, 0) is 14.3 Å². The average Bonchev–Trinajstić information content (AvgIpc) is 2.43. The number of rotatable bonds is 5. The van der Waals surface area contributed by atoms with Gasteiger partial charge in [0.05, 0.1) is 6.42 Å². The Morgan fingerprint density at radius 2 is 1.74 bits per heavy atom. The number of amides is 1. The molecule has 0 fully saturated rings. The second-order valence-corrected chi connectivity index (χ2v) is 5.94. The fraction of sp³-hybridized carbons (Fsp3) is 0.438. The lowest BCUT2D eigenvalue weighted by Crippen LogP contribution is -2.46. The van der Waals surface area contributed by atoms with Gasteiger partial charge in [-0.25, -0.2) is 9.59 Å². The van der Waals surface area contributed by atoms with Gasteiger partial charge in [0.25, 0.3) is 0 Å². The van der Waals surface area contributed by atoms with Crippen LogP contribution < -0.4 is 4.74 Å². The van der Waals surface area contributed by atoms with E-state index in [-0.39, 0.29) is 0 Å². The van der Waals surface area contributed by atoms with Gasteiger partial charge in [-0.3, -0.25) is 9.69 Å². The van der Waals surface area contributed by atoms with Crippen LogP contribution in [0.25, 0.3) is 0 Å². The summed E-state index contributed by atoms with van der Waals surface area (Å²) in [6.07, 6.45) is -1.31. The monoisotopic (exact) mass is 323 g/mol. The molecule has 1 rings (SSSR count). The van der Waals surface area contributed by atoms with Crippen LogP contribution in [0.2, 0.25) is 0 Å². The minimum Gasteiger partial charge on any atom is -0.480 e. The second-order valence-electron chi connectivity index (χ2n) is 5.94. The van der Waals surface area contributed by atoms with Crippen LogP contribution in [0.15, 0.2) is 30.3 Å². The van der Waals surface area contributed by atoms with Crippen LogP contribution in [0.5, 0.6) is 5.75 Å². The minimum atomic E-state index is -1.37. The molecule has 1 aromatic rings. The molecule has 0 saturated heterocycles. The zero-order chi connectivity index (χ0) is 17.6. The number of aliphatic carboxylic acids is 1. The molecule has 0 bridgehead atoms. The van der Waals surface area contributed by atoms with Gasteiger partial charge in [0.15, 0.2) is 0 Å². The highest BCUT2D eigenvalue weighted by atomic mass is 16.6. The van der Waals surface area contributed by atoms with Crippen LogP contribution in [0, 0.1) is 0 Å². The van der Waals surface area contributed by atoms with Crippen LogP contribution in [0.3, 0.4) is 0 Å². The second kappa shape index (κ2) is 7.62. The molecule has 0 spiro atoms. The van der Waals surface area contributed by atoms with Gasteiger partial charge in [-0.1, -0.05) is 18.2 Å². The summed E-state index contributed by atoms with van der Waals surface area (Å²) in [7, 11) is 1.27. The molecule has 0 aliphatic carbocycles. The van der Waals surface area contributed by atoms with Gasteiger partial charge in [0, 0.05) is 7.05 Å². The summed E-state index contributed by atoms with van der Waals surface area (Å²) in [6.45, 7) is 4.99. The van der Waals surface area contributed by atoms with Crippen molar-refractivity contribution in [3.05, 3.63) is 30.3 Å². The molecule has 1 N–H and O–H groups in total. The molecule has 0 radical (unpaired) electrons. The first-order chi connectivity index (χ1) is 10.6. The van der Waals surface area contributed by atoms with Gasteiger partial charge in [-0.2, -0.15) is 0 Å². The predicted molar refractivity (Wildman–Crippen MR) is 82.1 cm³/mol. The molecule has 126 valence electrons. The topological polar surface area (TPSA) is 93.1 Å². The zero-order valence-corrected chi connectivity index (χ0v) is 13.6. The van der Waals surface area contributed by atoms with E-state index in [9.17, 15) is 19.5 Å². The van der Waals surface area contributed by atoms with Crippen LogP contribution in [0.4, 0.5) is 4.79 Å². The SMILES string of the molecule is CN(C(=O)OC(C)(C)C)C(CC(=O)Oc1ccccc1)C(=O)O. The Bertz CT molecular complexity index is 564. The fourth-order valence-electron chi connectivity index (χ4n) is 1.67. The van der Waals surface area contributed by atoms with Crippen LogP contribution >= 0.6 is 0 Å². The lowest BCUT2D eigenvalue weighted by Gasteiger charge is -2.28. The fourth-order valence-corrected chi connectivity index (χ4v) is 1.67. The molecule has 7 nitrogen and oxygen atoms in total. The molecule has 23 heavy (non-hydrogen) atoms. The Labute approximate surface area is 134 Å². The number of esters is 1. The standard InChI is InChI=1S/C16H21NO6/c1-16(2,3)23-15(21)17(4)12(14(19)20)10-13(18)22-11-8-6-5-7-9-11/h5-9,12H,10H2,1-4H3,(H,19,20). The third-order valence-corrected chi connectivity index (χ3v) is 2.77. The van der Waals surface area contributed by atoms with Crippen molar-refractivity contribution in [3.8, 4) is 5.75 Å². The van der Waals surface area contributed by atoms with Gasteiger partial charge >= 0.3 is 18.0 Å². The number of carbonyl (C=O) groups excluding carboxylic acids is 2. The van der Waals surface area contributed by atoms with E-state index in [1.807, 2.05) is 0 Å². The molecule has 0 aromatic heterocycles. The van der Waals surface area contributed by atoms with E-state index in [0.29, 0.717) is 5.75 Å². The van der Waals surface area contributed by atoms with Gasteiger partial charge in [-0.05, 0) is 32.9 Å². The van der Waals surface area contributed by atoms with E-state index in [4.69, 9.17) is 9.47 Å². The first-order valence-corrected chi connectivity index (χ1v) is 7.04. The van der Waals surface area contributed by atoms with Gasteiger partial charge in [0.2, 0.25) is 0 Å². The quantitative estimate of drug-likeness (QED) is 0.660. The first-order valence-electron chi connectivity index (χ1n) is 7.04. The van der Waals surface area contributed by atoms with E-state index in [1.54, 1.807) is 51.1 Å². The molecule has 1 amide bonds. The van der Waals surface area contributed by atoms with Gasteiger partial charge < -0.3 is 14.6 Å². The lowest BCUT2D eigenvalue weighted by molar-refractivity contribution is -0.147. The van der Waals surface area contributed by atoms with Crippen molar-refractivity contribution in [2.75, 3.05) is 7.05 Å². The summed E-state index contributed by atoms with van der Waals surface area (Å²) in [5.41, 5.74) is -0.765. The number of para-hydroxylation sites is 1. The Hall–Kier alpha value is -2.57. The molecule has 1 atom stereocenters. The van der Waals surface area contributed by atoms with Crippen molar-refractivity contribution in [2.24, 2.45) is 0 Å². The summed E-state index contributed by atoms with van der Waals surface area (Å²) >= 11 is 0. The summed E-state index contributed by atoms with van der Waals surface area (Å²) in [5, 5.41) is 9.25. The van der Waals surface area contributed by atoms with Crippen molar-refractivity contribution < 1.29 is 29.0 Å². The molecule has 1 unspecified atom stereocenters. The molecule has 1 aromatic carbocycles. The number of ether oxygens (including phenoxy) is 2. The summed E-state index contributed by atoms with van der Waals surface area (Å²) in [5.74, 6) is -1.76. The number of carboxylic acid groups (broad SMARTS) is 1. The smallest absolute Gasteiger partial charge is 0.410 e. The third kappa shape index (κ3) is 6.37. The first kappa shape index (κ1) is 18.5. The molecule has 0 aliphatic rings. The van der Waals surface area contributed by atoms with Crippen LogP contribution in [0.1, 0.15) is 27.2 Å². The van der Waals surface area contributed by atoms with Gasteiger partial charge in [0.1, 0.15) is 17.4 Å². The van der Waals surface area contributed by atoms with Crippen molar-refractivity contribution >= 4 is 18.0 Å². The highest BCUT2D eigenvalue weighted by molar-refractivity contribution is 5.85. The highest BCUT2D eigenvalue weighted by Crippen LogP contribution is 2.14. The molecule has 0 saturated carbocycles. The van der Waals surface area contributed by atoms with E-state index in [2.05, 4.69) is 0 Å². The Balaban J connectivity index is 2.73. The average molecular weight is 323 g/mol. The lowest BCUT2D eigenvalue weighted by atomic mass is 10.2. The van der Waals surface area contributed by atoms with Crippen molar-refractivity contribution in [1.82, 2.24) is 4.90 Å². The predicted octanol–water partition coefficient (Wildman–Crippen LogP) is 2.30. The molecule has 0 heterocycles. The van der Waals surface area contributed by atoms with Crippen LogP contribution in [-0.4, -0.2) is 46.7 Å². The Kier molecular flexibility index (Phi) is 6.12. The van der Waals surface area contributed by atoms with E-state index < -0.39 is 36.1 Å². The number of hydrogen-bond donors (Lipinski definition) is 1. The number of carboxylic acids is 1. The third-order valence-electron chi connectivity index (χ3n) is 2.77. The largest absolute Gasteiger partial charge is 0.480 e. The van der Waals surface area contributed by atoms with Crippen molar-refractivity contribution in [2.45, 2.75) is 38.8 Å². The highest BCUT2D eigenvalue weighted by Gasteiger charge is 2.32. The maximum absolute atomic E-state index is 11.9. The summed E-state index contributed by atoms with van der Waals surface area (Å²) in [4.78, 5) is 36.0. The normalized spacial score (nSPS) is 12.2. The Morgan fingerprint density at radius 1 is 1.17 bits per heavy atom. The molecule has 0 aliphatic heterocycles. The minimum absolute atomic E-state index is 0.307. The van der Waals surface area contributed by atoms with Crippen molar-refractivity contribution in [3.63, 3.8) is 0 Å². The number of benzene rings is 1. The van der Waals surface area contributed by atoms with Gasteiger partial charge in [-0.15, -0.1) is 0 Å².